The van der Waals surface area contributed by atoms with Crippen molar-refractivity contribution in [2.24, 2.45) is 0 Å². The predicted octanol–water partition coefficient (Wildman–Crippen LogP) is 19.0. The third kappa shape index (κ3) is 9.05. The van der Waals surface area contributed by atoms with Gasteiger partial charge in [-0.15, -0.1) is 0 Å². The van der Waals surface area contributed by atoms with Crippen LogP contribution in [0.25, 0.3) is 44.5 Å². The molecule has 0 N–H and O–H groups in total. The van der Waals surface area contributed by atoms with Crippen molar-refractivity contribution >= 4 is 34.1 Å². The zero-order valence-corrected chi connectivity index (χ0v) is 41.4. The van der Waals surface area contributed by atoms with Gasteiger partial charge in [0.2, 0.25) is 0 Å². The van der Waals surface area contributed by atoms with Crippen LogP contribution in [0.1, 0.15) is 33.4 Å². The largest absolute Gasteiger partial charge is 0.311 e. The van der Waals surface area contributed by atoms with Gasteiger partial charge in [-0.05, 0) is 178 Å². The summed E-state index contributed by atoms with van der Waals surface area (Å²) in [4.78, 5) is 4.68. The lowest BCUT2D eigenvalue weighted by Crippen LogP contribution is -2.31. The minimum absolute atomic E-state index is 0.344. The number of nitrogens with zero attached hydrogens (tertiary/aromatic N) is 2. The molecule has 0 aliphatic heterocycles. The van der Waals surface area contributed by atoms with E-state index >= 15 is 0 Å². The van der Waals surface area contributed by atoms with Crippen molar-refractivity contribution in [3.63, 3.8) is 0 Å². The van der Waals surface area contributed by atoms with Gasteiger partial charge in [0.1, 0.15) is 0 Å². The Hall–Kier alpha value is -8.98. The Kier molecular flexibility index (Phi) is 12.2. The maximum atomic E-state index is 2.51. The van der Waals surface area contributed by atoms with Gasteiger partial charge in [-0.25, -0.2) is 0 Å². The summed E-state index contributed by atoms with van der Waals surface area (Å²) in [5.41, 5.74) is 24.2. The van der Waals surface area contributed by atoms with Crippen LogP contribution in [-0.2, 0) is 18.3 Å². The van der Waals surface area contributed by atoms with Crippen molar-refractivity contribution in [3.8, 4) is 44.5 Å². The minimum atomic E-state index is -0.344. The summed E-state index contributed by atoms with van der Waals surface area (Å²) in [5.74, 6) is 0. The van der Waals surface area contributed by atoms with Crippen LogP contribution in [0.3, 0.4) is 0 Å². The van der Waals surface area contributed by atoms with Crippen LogP contribution in [0, 0.1) is 13.8 Å². The molecule has 0 fully saturated rings. The van der Waals surface area contributed by atoms with E-state index in [1.807, 2.05) is 0 Å². The Balaban J connectivity index is 0.932. The number of hydrogen-bond acceptors (Lipinski definition) is 2. The van der Waals surface area contributed by atoms with Crippen LogP contribution in [0.4, 0.5) is 34.1 Å². The number of fused-ring (bicyclic) bond motifs is 3. The van der Waals surface area contributed by atoms with Crippen LogP contribution < -0.4 is 9.80 Å². The van der Waals surface area contributed by atoms with E-state index in [0.29, 0.717) is 0 Å². The fourth-order valence-corrected chi connectivity index (χ4v) is 11.1. The van der Waals surface area contributed by atoms with E-state index in [1.165, 1.54) is 77.9 Å². The molecule has 11 aromatic carbocycles. The molecule has 0 saturated carbocycles. The first-order chi connectivity index (χ1) is 36.0. The molecular formula is C71H56N2. The van der Waals surface area contributed by atoms with Crippen LogP contribution >= 0.6 is 0 Å². The second-order valence-corrected chi connectivity index (χ2v) is 19.6. The fraction of sp³-hybridized carbons (Fsp3) is 0.0704. The maximum Gasteiger partial charge on any atom is 0.0462 e. The second-order valence-electron chi connectivity index (χ2n) is 19.6. The molecule has 350 valence electrons. The summed E-state index contributed by atoms with van der Waals surface area (Å²) in [6.45, 7) is 4.27. The Labute approximate surface area is 430 Å². The normalized spacial score (nSPS) is 12.2. The lowest BCUT2D eigenvalue weighted by atomic mass is 9.69. The maximum absolute atomic E-state index is 2.51. The summed E-state index contributed by atoms with van der Waals surface area (Å²) in [5, 5.41) is 0. The highest BCUT2D eigenvalue weighted by Gasteiger charge is 2.44. The number of aryl methyl sites for hydroxylation is 2. The average Bonchev–Trinajstić information content (AvgIpc) is 3.70. The molecule has 0 radical (unpaired) electrons. The topological polar surface area (TPSA) is 6.48 Å². The molecule has 1 aliphatic carbocycles. The first-order valence-corrected chi connectivity index (χ1v) is 25.5. The van der Waals surface area contributed by atoms with Gasteiger partial charge in [0, 0.05) is 39.5 Å². The Morgan fingerprint density at radius 1 is 0.260 bits per heavy atom. The monoisotopic (exact) mass is 936 g/mol. The highest BCUT2D eigenvalue weighted by atomic mass is 15.1. The molecule has 0 atom stereocenters. The Morgan fingerprint density at radius 2 is 0.521 bits per heavy atom. The molecule has 0 heterocycles. The van der Waals surface area contributed by atoms with Gasteiger partial charge in [-0.1, -0.05) is 205 Å². The Bertz CT molecular complexity index is 3580. The molecule has 0 unspecified atom stereocenters. The summed E-state index contributed by atoms with van der Waals surface area (Å²) < 4.78 is 0. The van der Waals surface area contributed by atoms with Gasteiger partial charge < -0.3 is 9.80 Å². The van der Waals surface area contributed by atoms with Crippen molar-refractivity contribution in [1.82, 2.24) is 0 Å². The number of anilines is 6. The Morgan fingerprint density at radius 3 is 0.877 bits per heavy atom. The molecule has 73 heavy (non-hydrogen) atoms. The first kappa shape index (κ1) is 45.2. The molecule has 1 aliphatic rings. The molecule has 0 saturated heterocycles. The standard InChI is InChI=1S/C71H56N2/c1-51-23-27-55(28-24-51)56-29-39-64(40-30-56)73(62-21-13-6-14-22-62)66-43-33-58(34-44-66)60-36-46-68-67-45-35-59(57-31-41-65(42-32-57)72(61-19-11-5-12-20-61)63-37-25-52(2)26-38-63)47-69(67)71(70(68)48-60,49-53-15-7-3-8-16-53)50-54-17-9-4-10-18-54/h3-48H,49-50H2,1-2H3. The van der Waals surface area contributed by atoms with Crippen molar-refractivity contribution < 1.29 is 0 Å². The van der Waals surface area contributed by atoms with Crippen LogP contribution in [0.5, 0.6) is 0 Å². The highest BCUT2D eigenvalue weighted by Crippen LogP contribution is 2.54. The molecule has 11 aromatic rings. The van der Waals surface area contributed by atoms with Gasteiger partial charge in [0.15, 0.2) is 0 Å². The average molecular weight is 937 g/mol. The number of para-hydroxylation sites is 2. The number of benzene rings is 11. The predicted molar refractivity (Wildman–Crippen MR) is 308 cm³/mol. The molecule has 0 aromatic heterocycles. The molecule has 0 spiro atoms. The van der Waals surface area contributed by atoms with E-state index in [1.54, 1.807) is 0 Å². The van der Waals surface area contributed by atoms with E-state index in [-0.39, 0.29) is 5.41 Å². The quantitative estimate of drug-likeness (QED) is 0.114. The van der Waals surface area contributed by atoms with Gasteiger partial charge >= 0.3 is 0 Å². The summed E-state index contributed by atoms with van der Waals surface area (Å²) >= 11 is 0. The molecule has 0 bridgehead atoms. The van der Waals surface area contributed by atoms with Crippen molar-refractivity contribution in [1.29, 1.82) is 0 Å². The number of rotatable bonds is 13. The smallest absolute Gasteiger partial charge is 0.0462 e. The summed E-state index contributed by atoms with van der Waals surface area (Å²) in [7, 11) is 0. The molecule has 2 nitrogen and oxygen atoms in total. The van der Waals surface area contributed by atoms with Crippen molar-refractivity contribution in [2.45, 2.75) is 32.1 Å². The van der Waals surface area contributed by atoms with E-state index in [9.17, 15) is 0 Å². The zero-order chi connectivity index (χ0) is 49.1. The van der Waals surface area contributed by atoms with Crippen molar-refractivity contribution in [2.75, 3.05) is 9.80 Å². The molecule has 0 amide bonds. The fourth-order valence-electron chi connectivity index (χ4n) is 11.1. The molecular weight excluding hydrogens is 881 g/mol. The van der Waals surface area contributed by atoms with E-state index in [0.717, 1.165) is 47.0 Å². The zero-order valence-electron chi connectivity index (χ0n) is 41.4. The lowest BCUT2D eigenvalue weighted by Gasteiger charge is -2.33. The van der Waals surface area contributed by atoms with Crippen LogP contribution in [0.2, 0.25) is 0 Å². The highest BCUT2D eigenvalue weighted by molar-refractivity contribution is 5.88. The van der Waals surface area contributed by atoms with Gasteiger partial charge in [0.05, 0.1) is 0 Å². The van der Waals surface area contributed by atoms with E-state index < -0.39 is 0 Å². The molecule has 12 rings (SSSR count). The van der Waals surface area contributed by atoms with Crippen LogP contribution in [0.15, 0.2) is 279 Å². The minimum Gasteiger partial charge on any atom is -0.311 e. The first-order valence-electron chi connectivity index (χ1n) is 25.5. The SMILES string of the molecule is Cc1ccc(-c2ccc(N(c3ccccc3)c3ccc(-c4ccc5c(c4)C(Cc4ccccc4)(Cc4ccccc4)c4cc(-c6ccc(N(c7ccccc7)c7ccc(C)cc7)cc6)ccc4-5)cc3)cc2)cc1. The summed E-state index contributed by atoms with van der Waals surface area (Å²) in [6.07, 6.45) is 1.73. The van der Waals surface area contributed by atoms with E-state index in [2.05, 4.69) is 303 Å². The van der Waals surface area contributed by atoms with Crippen molar-refractivity contribution in [3.05, 3.63) is 312 Å². The van der Waals surface area contributed by atoms with Gasteiger partial charge in [-0.3, -0.25) is 0 Å². The lowest BCUT2D eigenvalue weighted by molar-refractivity contribution is 0.520. The third-order valence-electron chi connectivity index (χ3n) is 14.8. The van der Waals surface area contributed by atoms with Gasteiger partial charge in [-0.2, -0.15) is 0 Å². The van der Waals surface area contributed by atoms with Crippen LogP contribution in [-0.4, -0.2) is 0 Å². The number of hydrogen-bond donors (Lipinski definition) is 0. The summed E-state index contributed by atoms with van der Waals surface area (Å²) in [6, 6.07) is 103. The van der Waals surface area contributed by atoms with Gasteiger partial charge in [0.25, 0.3) is 0 Å². The third-order valence-corrected chi connectivity index (χ3v) is 14.8. The van der Waals surface area contributed by atoms with E-state index in [4.69, 9.17) is 0 Å². The second kappa shape index (κ2) is 19.7. The molecule has 2 heteroatoms.